The molecular formula is C53H36N2. The predicted molar refractivity (Wildman–Crippen MR) is 231 cm³/mol. The van der Waals surface area contributed by atoms with E-state index in [9.17, 15) is 0 Å². The van der Waals surface area contributed by atoms with Crippen molar-refractivity contribution >= 4 is 43.1 Å². The van der Waals surface area contributed by atoms with Crippen LogP contribution in [0.25, 0.3) is 99.2 Å². The summed E-state index contributed by atoms with van der Waals surface area (Å²) in [5, 5.41) is 9.77. The molecular weight excluding hydrogens is 665 g/mol. The fourth-order valence-electron chi connectivity index (χ4n) is 9.17. The highest BCUT2D eigenvalue weighted by Crippen LogP contribution is 2.54. The summed E-state index contributed by atoms with van der Waals surface area (Å²) in [6, 6.07) is 66.0. The average Bonchev–Trinajstić information content (AvgIpc) is 3.47. The van der Waals surface area contributed by atoms with Gasteiger partial charge in [0.1, 0.15) is 0 Å². The van der Waals surface area contributed by atoms with Crippen molar-refractivity contribution in [3.05, 3.63) is 193 Å². The van der Waals surface area contributed by atoms with Gasteiger partial charge in [-0.15, -0.1) is 0 Å². The van der Waals surface area contributed by atoms with E-state index in [1.54, 1.807) is 0 Å². The Balaban J connectivity index is 1.15. The van der Waals surface area contributed by atoms with Crippen molar-refractivity contribution in [2.45, 2.75) is 19.3 Å². The molecule has 0 unspecified atom stereocenters. The lowest BCUT2D eigenvalue weighted by molar-refractivity contribution is 0.661. The lowest BCUT2D eigenvalue weighted by atomic mass is 9.81. The molecule has 0 spiro atoms. The van der Waals surface area contributed by atoms with Crippen molar-refractivity contribution in [3.63, 3.8) is 0 Å². The summed E-state index contributed by atoms with van der Waals surface area (Å²) in [5.41, 5.74) is 12.8. The zero-order valence-electron chi connectivity index (χ0n) is 30.7. The minimum absolute atomic E-state index is 0.113. The molecule has 0 radical (unpaired) electrons. The molecule has 0 fully saturated rings. The van der Waals surface area contributed by atoms with Crippen LogP contribution in [0.5, 0.6) is 0 Å². The highest BCUT2D eigenvalue weighted by molar-refractivity contribution is 6.14. The van der Waals surface area contributed by atoms with Gasteiger partial charge in [-0.05, 0) is 94.7 Å². The fourth-order valence-corrected chi connectivity index (χ4v) is 9.17. The third kappa shape index (κ3) is 4.88. The third-order valence-corrected chi connectivity index (χ3v) is 11.9. The van der Waals surface area contributed by atoms with Crippen LogP contribution in [0.1, 0.15) is 25.0 Å². The summed E-state index contributed by atoms with van der Waals surface area (Å²) in [6.07, 6.45) is 0. The minimum Gasteiger partial charge on any atom is -0.228 e. The monoisotopic (exact) mass is 700 g/mol. The van der Waals surface area contributed by atoms with Gasteiger partial charge in [0.15, 0.2) is 5.82 Å². The third-order valence-electron chi connectivity index (χ3n) is 11.9. The van der Waals surface area contributed by atoms with Gasteiger partial charge in [0.25, 0.3) is 0 Å². The summed E-state index contributed by atoms with van der Waals surface area (Å²) < 4.78 is 0. The Bertz CT molecular complexity index is 3170. The quantitative estimate of drug-likeness (QED) is 0.171. The Labute approximate surface area is 320 Å². The standard InChI is InChI=1S/C53H36N2/c1-53(2)46-25-13-23-43(51(46)45-30-36-17-6-7-18-37(36)31-47(45)53)41-28-29-42(40-22-11-10-21-39(40)41)48-32-49(55-52(54-48)35-15-4-3-5-16-35)44-24-12-19-34-27-26-33-14-8-9-20-38(33)50(34)44/h3-32H,1-2H3. The van der Waals surface area contributed by atoms with Gasteiger partial charge < -0.3 is 0 Å². The second kappa shape index (κ2) is 12.1. The van der Waals surface area contributed by atoms with Crippen molar-refractivity contribution in [2.75, 3.05) is 0 Å². The molecule has 2 heteroatoms. The summed E-state index contributed by atoms with van der Waals surface area (Å²) >= 11 is 0. The molecule has 1 aliphatic rings. The molecule has 11 rings (SSSR count). The molecule has 0 amide bonds. The second-order valence-corrected chi connectivity index (χ2v) is 15.3. The van der Waals surface area contributed by atoms with E-state index >= 15 is 0 Å². The largest absolute Gasteiger partial charge is 0.228 e. The van der Waals surface area contributed by atoms with E-state index in [2.05, 4.69) is 190 Å². The van der Waals surface area contributed by atoms with Crippen molar-refractivity contribution in [1.82, 2.24) is 9.97 Å². The van der Waals surface area contributed by atoms with E-state index in [1.807, 2.05) is 6.07 Å². The number of nitrogens with zero attached hydrogens (tertiary/aromatic N) is 2. The molecule has 55 heavy (non-hydrogen) atoms. The second-order valence-electron chi connectivity index (χ2n) is 15.3. The van der Waals surface area contributed by atoms with Crippen LogP contribution in [0.15, 0.2) is 182 Å². The molecule has 0 saturated carbocycles. The Hall–Kier alpha value is -6.90. The fraction of sp³-hybridized carbons (Fsp3) is 0.0566. The van der Waals surface area contributed by atoms with Gasteiger partial charge in [0.05, 0.1) is 11.4 Å². The molecule has 0 aliphatic heterocycles. The normalized spacial score (nSPS) is 13.1. The Morgan fingerprint density at radius 2 is 0.945 bits per heavy atom. The smallest absolute Gasteiger partial charge is 0.160 e. The maximum Gasteiger partial charge on any atom is 0.160 e. The molecule has 10 aromatic rings. The molecule has 0 saturated heterocycles. The molecule has 0 N–H and O–H groups in total. The lowest BCUT2D eigenvalue weighted by Gasteiger charge is -2.22. The average molecular weight is 701 g/mol. The molecule has 1 heterocycles. The maximum absolute atomic E-state index is 5.32. The first kappa shape index (κ1) is 31.6. The van der Waals surface area contributed by atoms with Crippen molar-refractivity contribution in [2.24, 2.45) is 0 Å². The van der Waals surface area contributed by atoms with Crippen LogP contribution in [-0.4, -0.2) is 9.97 Å². The molecule has 0 atom stereocenters. The van der Waals surface area contributed by atoms with Crippen LogP contribution in [-0.2, 0) is 5.41 Å². The van der Waals surface area contributed by atoms with Crippen LogP contribution in [0, 0.1) is 0 Å². The molecule has 1 aromatic heterocycles. The summed E-state index contributed by atoms with van der Waals surface area (Å²) in [5.74, 6) is 0.713. The first-order valence-electron chi connectivity index (χ1n) is 19.1. The van der Waals surface area contributed by atoms with E-state index < -0.39 is 0 Å². The van der Waals surface area contributed by atoms with Gasteiger partial charge in [0, 0.05) is 22.1 Å². The maximum atomic E-state index is 5.32. The summed E-state index contributed by atoms with van der Waals surface area (Å²) in [6.45, 7) is 4.74. The summed E-state index contributed by atoms with van der Waals surface area (Å²) in [4.78, 5) is 10.6. The van der Waals surface area contributed by atoms with Gasteiger partial charge in [-0.1, -0.05) is 178 Å². The van der Waals surface area contributed by atoms with Crippen molar-refractivity contribution in [1.29, 1.82) is 0 Å². The van der Waals surface area contributed by atoms with Crippen LogP contribution < -0.4 is 0 Å². The Morgan fingerprint density at radius 3 is 1.75 bits per heavy atom. The van der Waals surface area contributed by atoms with Gasteiger partial charge in [0.2, 0.25) is 0 Å². The summed E-state index contributed by atoms with van der Waals surface area (Å²) in [7, 11) is 0. The first-order valence-corrected chi connectivity index (χ1v) is 19.1. The molecule has 1 aliphatic carbocycles. The lowest BCUT2D eigenvalue weighted by Crippen LogP contribution is -2.14. The van der Waals surface area contributed by atoms with Gasteiger partial charge >= 0.3 is 0 Å². The molecule has 2 nitrogen and oxygen atoms in total. The highest BCUT2D eigenvalue weighted by atomic mass is 14.9. The van der Waals surface area contributed by atoms with Crippen LogP contribution in [0.2, 0.25) is 0 Å². The molecule has 258 valence electrons. The van der Waals surface area contributed by atoms with E-state index in [4.69, 9.17) is 9.97 Å². The van der Waals surface area contributed by atoms with Crippen molar-refractivity contribution in [3.8, 4) is 56.2 Å². The zero-order valence-corrected chi connectivity index (χ0v) is 30.7. The number of rotatable bonds is 4. The van der Waals surface area contributed by atoms with Crippen LogP contribution >= 0.6 is 0 Å². The number of aromatic nitrogens is 2. The van der Waals surface area contributed by atoms with E-state index in [1.165, 1.54) is 76.5 Å². The van der Waals surface area contributed by atoms with Gasteiger partial charge in [-0.2, -0.15) is 0 Å². The zero-order chi connectivity index (χ0) is 36.7. The van der Waals surface area contributed by atoms with Crippen molar-refractivity contribution < 1.29 is 0 Å². The number of fused-ring (bicyclic) bond motifs is 8. The van der Waals surface area contributed by atoms with Crippen LogP contribution in [0.3, 0.4) is 0 Å². The van der Waals surface area contributed by atoms with Crippen LogP contribution in [0.4, 0.5) is 0 Å². The van der Waals surface area contributed by atoms with E-state index in [0.717, 1.165) is 28.1 Å². The first-order chi connectivity index (χ1) is 27.0. The SMILES string of the molecule is CC1(C)c2cc3ccccc3cc2-c2c(-c3ccc(-c4cc(-c5cccc6ccc7ccccc7c56)nc(-c5ccccc5)n4)c4ccccc34)cccc21. The van der Waals surface area contributed by atoms with Gasteiger partial charge in [-0.3, -0.25) is 0 Å². The topological polar surface area (TPSA) is 25.8 Å². The Kier molecular flexibility index (Phi) is 6.93. The predicted octanol–water partition coefficient (Wildman–Crippen LogP) is 14.1. The highest BCUT2D eigenvalue weighted by Gasteiger charge is 2.37. The number of benzene rings is 9. The number of hydrogen-bond donors (Lipinski definition) is 0. The number of hydrogen-bond acceptors (Lipinski definition) is 2. The molecule has 0 bridgehead atoms. The van der Waals surface area contributed by atoms with E-state index in [0.29, 0.717) is 5.82 Å². The molecule has 9 aromatic carbocycles. The van der Waals surface area contributed by atoms with Gasteiger partial charge in [-0.25, -0.2) is 9.97 Å². The minimum atomic E-state index is -0.113. The Morgan fingerprint density at radius 1 is 0.364 bits per heavy atom. The van der Waals surface area contributed by atoms with E-state index in [-0.39, 0.29) is 5.41 Å².